The molecule has 1 atom stereocenters. The SMILES string of the molecule is CCCCN1C(=O)C(O)(CC(=O)c2c(C)c(C)c(C)c(C)c2C)c2cc(Br)ccc21. The quantitative estimate of drug-likeness (QED) is 0.557. The molecule has 0 radical (unpaired) electrons. The zero-order valence-corrected chi connectivity index (χ0v) is 20.2. The lowest BCUT2D eigenvalue weighted by molar-refractivity contribution is -0.135. The van der Waals surface area contributed by atoms with Crippen LogP contribution < -0.4 is 4.90 Å². The third-order valence-electron chi connectivity index (χ3n) is 6.72. The minimum Gasteiger partial charge on any atom is -0.375 e. The topological polar surface area (TPSA) is 57.6 Å². The van der Waals surface area contributed by atoms with Crippen LogP contribution in [0.4, 0.5) is 5.69 Å². The number of fused-ring (bicyclic) bond motifs is 1. The molecular formula is C25H30BrNO3. The predicted molar refractivity (Wildman–Crippen MR) is 124 cm³/mol. The van der Waals surface area contributed by atoms with E-state index in [4.69, 9.17) is 0 Å². The van der Waals surface area contributed by atoms with E-state index in [0.717, 1.165) is 39.6 Å². The first-order chi connectivity index (χ1) is 14.0. The van der Waals surface area contributed by atoms with Crippen LogP contribution in [0.1, 0.15) is 69.9 Å². The number of hydrogen-bond donors (Lipinski definition) is 1. The van der Waals surface area contributed by atoms with Gasteiger partial charge in [-0.2, -0.15) is 0 Å². The number of benzene rings is 2. The normalized spacial score (nSPS) is 18.1. The van der Waals surface area contributed by atoms with Gasteiger partial charge >= 0.3 is 0 Å². The highest BCUT2D eigenvalue weighted by Gasteiger charge is 2.51. The maximum absolute atomic E-state index is 13.5. The number of rotatable bonds is 6. The number of carbonyl (C=O) groups excluding carboxylic acids is 2. The van der Waals surface area contributed by atoms with E-state index in [1.54, 1.807) is 11.0 Å². The van der Waals surface area contributed by atoms with E-state index in [-0.39, 0.29) is 12.2 Å². The molecule has 1 aliphatic rings. The highest BCUT2D eigenvalue weighted by atomic mass is 79.9. The lowest BCUT2D eigenvalue weighted by Crippen LogP contribution is -2.42. The molecule has 30 heavy (non-hydrogen) atoms. The van der Waals surface area contributed by atoms with Crippen molar-refractivity contribution in [3.05, 3.63) is 61.6 Å². The number of carbonyl (C=O) groups is 2. The van der Waals surface area contributed by atoms with Crippen LogP contribution >= 0.6 is 15.9 Å². The summed E-state index contributed by atoms with van der Waals surface area (Å²) in [6, 6.07) is 5.46. The van der Waals surface area contributed by atoms with Crippen LogP contribution in [0.2, 0.25) is 0 Å². The van der Waals surface area contributed by atoms with Gasteiger partial charge in [-0.05, 0) is 87.1 Å². The van der Waals surface area contributed by atoms with Crippen molar-refractivity contribution in [1.29, 1.82) is 0 Å². The Morgan fingerprint density at radius 3 is 2.17 bits per heavy atom. The molecule has 1 aliphatic heterocycles. The Hall–Kier alpha value is -1.98. The fraction of sp³-hybridized carbons (Fsp3) is 0.440. The molecule has 1 amide bonds. The Kier molecular flexibility index (Phi) is 6.26. The first-order valence-electron chi connectivity index (χ1n) is 10.5. The van der Waals surface area contributed by atoms with E-state index in [1.807, 2.05) is 39.8 Å². The smallest absolute Gasteiger partial charge is 0.264 e. The van der Waals surface area contributed by atoms with E-state index >= 15 is 0 Å². The van der Waals surface area contributed by atoms with Gasteiger partial charge in [-0.3, -0.25) is 9.59 Å². The summed E-state index contributed by atoms with van der Waals surface area (Å²) in [5.41, 5.74) is 5.16. The molecule has 0 fully saturated rings. The largest absolute Gasteiger partial charge is 0.375 e. The highest BCUT2D eigenvalue weighted by molar-refractivity contribution is 9.10. The number of aliphatic hydroxyl groups is 1. The highest BCUT2D eigenvalue weighted by Crippen LogP contribution is 2.44. The Morgan fingerprint density at radius 1 is 1.03 bits per heavy atom. The van der Waals surface area contributed by atoms with Crippen LogP contribution in [0.25, 0.3) is 0 Å². The van der Waals surface area contributed by atoms with Crippen LogP contribution in [0, 0.1) is 34.6 Å². The number of amides is 1. The molecule has 1 N–H and O–H groups in total. The molecule has 0 spiro atoms. The maximum atomic E-state index is 13.5. The van der Waals surface area contributed by atoms with Crippen molar-refractivity contribution in [3.8, 4) is 0 Å². The lowest BCUT2D eigenvalue weighted by atomic mass is 9.82. The van der Waals surface area contributed by atoms with Crippen molar-refractivity contribution in [1.82, 2.24) is 0 Å². The number of nitrogens with zero attached hydrogens (tertiary/aromatic N) is 1. The third-order valence-corrected chi connectivity index (χ3v) is 7.22. The van der Waals surface area contributed by atoms with Crippen molar-refractivity contribution in [2.45, 2.75) is 66.4 Å². The number of hydrogen-bond acceptors (Lipinski definition) is 3. The van der Waals surface area contributed by atoms with E-state index in [2.05, 4.69) is 29.8 Å². The Labute approximate surface area is 187 Å². The molecule has 0 saturated carbocycles. The van der Waals surface area contributed by atoms with Gasteiger partial charge in [0.25, 0.3) is 5.91 Å². The van der Waals surface area contributed by atoms with Gasteiger partial charge in [-0.1, -0.05) is 29.3 Å². The van der Waals surface area contributed by atoms with Gasteiger partial charge in [0, 0.05) is 22.1 Å². The number of halogens is 1. The van der Waals surface area contributed by atoms with Crippen LogP contribution in [0.5, 0.6) is 0 Å². The molecule has 0 bridgehead atoms. The van der Waals surface area contributed by atoms with E-state index < -0.39 is 11.5 Å². The molecule has 4 nitrogen and oxygen atoms in total. The monoisotopic (exact) mass is 471 g/mol. The van der Waals surface area contributed by atoms with Gasteiger partial charge in [-0.25, -0.2) is 0 Å². The van der Waals surface area contributed by atoms with E-state index in [1.165, 1.54) is 5.56 Å². The second-order valence-corrected chi connectivity index (χ2v) is 9.35. The summed E-state index contributed by atoms with van der Waals surface area (Å²) in [7, 11) is 0. The summed E-state index contributed by atoms with van der Waals surface area (Å²) in [6.07, 6.45) is 1.51. The molecule has 2 aromatic carbocycles. The molecule has 0 saturated heterocycles. The van der Waals surface area contributed by atoms with Crippen molar-refractivity contribution >= 4 is 33.3 Å². The number of anilines is 1. The number of ketones is 1. The van der Waals surface area contributed by atoms with Crippen LogP contribution in [0.3, 0.4) is 0 Å². The minimum absolute atomic E-state index is 0.199. The summed E-state index contributed by atoms with van der Waals surface area (Å²) in [5.74, 6) is -0.608. The molecular weight excluding hydrogens is 442 g/mol. The zero-order chi connectivity index (χ0) is 22.4. The first-order valence-corrected chi connectivity index (χ1v) is 11.3. The van der Waals surface area contributed by atoms with E-state index in [0.29, 0.717) is 23.4 Å². The summed E-state index contributed by atoms with van der Waals surface area (Å²) in [5, 5.41) is 11.6. The van der Waals surface area contributed by atoms with Gasteiger partial charge < -0.3 is 10.0 Å². The molecule has 1 heterocycles. The van der Waals surface area contributed by atoms with Crippen molar-refractivity contribution in [3.63, 3.8) is 0 Å². The molecule has 160 valence electrons. The second-order valence-electron chi connectivity index (χ2n) is 8.43. The molecule has 0 aliphatic carbocycles. The van der Waals surface area contributed by atoms with E-state index in [9.17, 15) is 14.7 Å². The van der Waals surface area contributed by atoms with Crippen molar-refractivity contribution in [2.75, 3.05) is 11.4 Å². The second kappa shape index (κ2) is 8.27. The molecule has 0 aromatic heterocycles. The zero-order valence-electron chi connectivity index (χ0n) is 18.6. The third kappa shape index (κ3) is 3.52. The maximum Gasteiger partial charge on any atom is 0.264 e. The Morgan fingerprint density at radius 2 is 1.60 bits per heavy atom. The fourth-order valence-electron chi connectivity index (χ4n) is 4.47. The Bertz CT molecular complexity index is 1010. The average molecular weight is 472 g/mol. The van der Waals surface area contributed by atoms with Gasteiger partial charge in [0.1, 0.15) is 0 Å². The lowest BCUT2D eigenvalue weighted by Gasteiger charge is -2.24. The van der Waals surface area contributed by atoms with Gasteiger partial charge in [0.05, 0.1) is 12.1 Å². The molecule has 3 rings (SSSR count). The van der Waals surface area contributed by atoms with Gasteiger partial charge in [0.15, 0.2) is 11.4 Å². The standard InChI is InChI=1S/C25H30BrNO3/c1-7-8-11-27-21-10-9-19(26)12-20(21)25(30,24(27)29)13-22(28)23-17(5)15(3)14(2)16(4)18(23)6/h9-10,12,30H,7-8,11,13H2,1-6H3. The molecule has 5 heteroatoms. The van der Waals surface area contributed by atoms with Gasteiger partial charge in [0.2, 0.25) is 0 Å². The predicted octanol–water partition coefficient (Wildman–Crippen LogP) is 5.60. The number of unbranched alkanes of at least 4 members (excludes halogenated alkanes) is 1. The Balaban J connectivity index is 2.08. The minimum atomic E-state index is -1.85. The van der Waals surface area contributed by atoms with Crippen molar-refractivity contribution in [2.24, 2.45) is 0 Å². The summed E-state index contributed by atoms with van der Waals surface area (Å²) in [4.78, 5) is 28.4. The van der Waals surface area contributed by atoms with Crippen molar-refractivity contribution < 1.29 is 14.7 Å². The fourth-order valence-corrected chi connectivity index (χ4v) is 4.83. The first kappa shape index (κ1) is 22.7. The summed E-state index contributed by atoms with van der Waals surface area (Å²) < 4.78 is 0.770. The van der Waals surface area contributed by atoms with Crippen LogP contribution in [-0.4, -0.2) is 23.3 Å². The van der Waals surface area contributed by atoms with Crippen LogP contribution in [-0.2, 0) is 10.4 Å². The number of Topliss-reactive ketones (excluding diaryl/α,β-unsaturated/α-hetero) is 1. The summed E-state index contributed by atoms with van der Waals surface area (Å²) >= 11 is 3.44. The van der Waals surface area contributed by atoms with Gasteiger partial charge in [-0.15, -0.1) is 0 Å². The summed E-state index contributed by atoms with van der Waals surface area (Å²) in [6.45, 7) is 12.6. The molecule has 2 aromatic rings. The van der Waals surface area contributed by atoms with Crippen LogP contribution in [0.15, 0.2) is 22.7 Å². The average Bonchev–Trinajstić information content (AvgIpc) is 2.90. The molecule has 1 unspecified atom stereocenters.